The van der Waals surface area contributed by atoms with E-state index in [1.54, 1.807) is 29.2 Å². The molecule has 1 unspecified atom stereocenters. The number of ether oxygens (including phenoxy) is 2. The third-order valence-electron chi connectivity index (χ3n) is 2.98. The van der Waals surface area contributed by atoms with E-state index in [0.29, 0.717) is 24.5 Å². The van der Waals surface area contributed by atoms with Crippen LogP contribution in [-0.2, 0) is 4.74 Å². The molecule has 1 aliphatic heterocycles. The molecule has 1 aliphatic rings. The van der Waals surface area contributed by atoms with Crippen molar-refractivity contribution >= 4 is 12.4 Å². The van der Waals surface area contributed by atoms with Crippen molar-refractivity contribution < 1.29 is 19.1 Å². The molecule has 0 bridgehead atoms. The molecule has 19 heavy (non-hydrogen) atoms. The lowest BCUT2D eigenvalue weighted by Gasteiger charge is -2.16. The summed E-state index contributed by atoms with van der Waals surface area (Å²) in [4.78, 5) is 23.7. The van der Waals surface area contributed by atoms with Gasteiger partial charge in [-0.25, -0.2) is 4.79 Å². The van der Waals surface area contributed by atoms with Gasteiger partial charge in [-0.3, -0.25) is 4.79 Å². The highest BCUT2D eigenvalue weighted by atomic mass is 16.6. The molecule has 1 saturated heterocycles. The summed E-state index contributed by atoms with van der Waals surface area (Å²) in [6, 6.07) is 6.94. The summed E-state index contributed by atoms with van der Waals surface area (Å²) < 4.78 is 10.8. The summed E-state index contributed by atoms with van der Waals surface area (Å²) in [5.74, 6) is 0.657. The van der Waals surface area contributed by atoms with Crippen molar-refractivity contribution in [2.24, 2.45) is 0 Å². The number of hydrogen-bond acceptors (Lipinski definition) is 4. The second kappa shape index (κ2) is 5.73. The Balaban J connectivity index is 1.86. The van der Waals surface area contributed by atoms with Gasteiger partial charge >= 0.3 is 6.09 Å². The number of carbonyl (C=O) groups is 2. The summed E-state index contributed by atoms with van der Waals surface area (Å²) in [6.45, 7) is 4.75. The van der Waals surface area contributed by atoms with Crippen molar-refractivity contribution in [2.45, 2.75) is 26.0 Å². The molecule has 0 N–H and O–H groups in total. The highest BCUT2D eigenvalue weighted by Gasteiger charge is 2.33. The zero-order valence-corrected chi connectivity index (χ0v) is 11.0. The standard InChI is InChI=1S/C14H17NO4/c1-10(2)15-7-13(19-14(15)17)9-18-12-5-3-11(8-16)4-6-12/h3-6,8,10,13H,7,9H2,1-2H3. The van der Waals surface area contributed by atoms with Gasteiger partial charge in [0.15, 0.2) is 6.10 Å². The Labute approximate surface area is 112 Å². The van der Waals surface area contributed by atoms with Crippen molar-refractivity contribution in [1.29, 1.82) is 0 Å². The minimum Gasteiger partial charge on any atom is -0.490 e. The molecule has 0 aliphatic carbocycles. The van der Waals surface area contributed by atoms with E-state index in [-0.39, 0.29) is 18.2 Å². The highest BCUT2D eigenvalue weighted by Crippen LogP contribution is 2.17. The molecule has 5 nitrogen and oxygen atoms in total. The average molecular weight is 263 g/mol. The topological polar surface area (TPSA) is 55.8 Å². The number of aldehydes is 1. The van der Waals surface area contributed by atoms with Gasteiger partial charge in [0, 0.05) is 11.6 Å². The van der Waals surface area contributed by atoms with E-state index in [0.717, 1.165) is 6.29 Å². The lowest BCUT2D eigenvalue weighted by Crippen LogP contribution is -2.32. The lowest BCUT2D eigenvalue weighted by atomic mass is 10.2. The molecular formula is C14H17NO4. The van der Waals surface area contributed by atoms with Gasteiger partial charge in [0.2, 0.25) is 0 Å². The predicted molar refractivity (Wildman–Crippen MR) is 69.4 cm³/mol. The van der Waals surface area contributed by atoms with Crippen molar-refractivity contribution in [3.05, 3.63) is 29.8 Å². The van der Waals surface area contributed by atoms with Gasteiger partial charge in [-0.1, -0.05) is 0 Å². The van der Waals surface area contributed by atoms with Gasteiger partial charge < -0.3 is 14.4 Å². The van der Waals surface area contributed by atoms with Crippen LogP contribution in [-0.4, -0.2) is 42.6 Å². The lowest BCUT2D eigenvalue weighted by molar-refractivity contribution is 0.102. The molecular weight excluding hydrogens is 246 g/mol. The number of amides is 1. The van der Waals surface area contributed by atoms with E-state index >= 15 is 0 Å². The molecule has 1 fully saturated rings. The van der Waals surface area contributed by atoms with Gasteiger partial charge in [0.25, 0.3) is 0 Å². The Morgan fingerprint density at radius 1 is 1.42 bits per heavy atom. The summed E-state index contributed by atoms with van der Waals surface area (Å²) in [5, 5.41) is 0. The second-order valence-electron chi connectivity index (χ2n) is 4.75. The van der Waals surface area contributed by atoms with E-state index in [1.807, 2.05) is 13.8 Å². The maximum Gasteiger partial charge on any atom is 0.410 e. The van der Waals surface area contributed by atoms with Crippen LogP contribution in [0.2, 0.25) is 0 Å². The average Bonchev–Trinajstić information content (AvgIpc) is 2.78. The Bertz CT molecular complexity index is 455. The molecule has 2 rings (SSSR count). The quantitative estimate of drug-likeness (QED) is 0.763. The zero-order valence-electron chi connectivity index (χ0n) is 11.0. The molecule has 1 aromatic carbocycles. The normalized spacial score (nSPS) is 18.6. The van der Waals surface area contributed by atoms with Gasteiger partial charge in [-0.05, 0) is 38.1 Å². The zero-order chi connectivity index (χ0) is 13.8. The molecule has 1 amide bonds. The van der Waals surface area contributed by atoms with Crippen molar-refractivity contribution in [1.82, 2.24) is 4.90 Å². The number of carbonyl (C=O) groups excluding carboxylic acids is 2. The third kappa shape index (κ3) is 3.24. The maximum absolute atomic E-state index is 11.5. The van der Waals surface area contributed by atoms with Crippen LogP contribution in [0.15, 0.2) is 24.3 Å². The second-order valence-corrected chi connectivity index (χ2v) is 4.75. The van der Waals surface area contributed by atoms with Crippen LogP contribution in [0.5, 0.6) is 5.75 Å². The predicted octanol–water partition coefficient (Wildman–Crippen LogP) is 2.11. The highest BCUT2D eigenvalue weighted by molar-refractivity contribution is 5.74. The molecule has 1 heterocycles. The number of rotatable bonds is 5. The Hall–Kier alpha value is -2.04. The van der Waals surface area contributed by atoms with Gasteiger partial charge in [-0.15, -0.1) is 0 Å². The first-order valence-corrected chi connectivity index (χ1v) is 6.25. The first kappa shape index (κ1) is 13.4. The van der Waals surface area contributed by atoms with E-state index in [9.17, 15) is 9.59 Å². The SMILES string of the molecule is CC(C)N1CC(COc2ccc(C=O)cc2)OC1=O. The molecule has 0 radical (unpaired) electrons. The fraction of sp³-hybridized carbons (Fsp3) is 0.429. The third-order valence-corrected chi connectivity index (χ3v) is 2.98. The van der Waals surface area contributed by atoms with Crippen LogP contribution in [0.3, 0.4) is 0 Å². The van der Waals surface area contributed by atoms with Crippen LogP contribution in [0.4, 0.5) is 4.79 Å². The van der Waals surface area contributed by atoms with Crippen molar-refractivity contribution in [3.8, 4) is 5.75 Å². The van der Waals surface area contributed by atoms with Crippen LogP contribution < -0.4 is 4.74 Å². The summed E-state index contributed by atoms with van der Waals surface area (Å²) in [7, 11) is 0. The van der Waals surface area contributed by atoms with Crippen molar-refractivity contribution in [3.63, 3.8) is 0 Å². The number of benzene rings is 1. The number of nitrogens with zero attached hydrogens (tertiary/aromatic N) is 1. The van der Waals surface area contributed by atoms with Crippen LogP contribution in [0.1, 0.15) is 24.2 Å². The van der Waals surface area contributed by atoms with E-state index in [1.165, 1.54) is 0 Å². The van der Waals surface area contributed by atoms with E-state index in [4.69, 9.17) is 9.47 Å². The van der Waals surface area contributed by atoms with Crippen LogP contribution in [0, 0.1) is 0 Å². The molecule has 1 aromatic rings. The Morgan fingerprint density at radius 3 is 2.63 bits per heavy atom. The Kier molecular flexibility index (Phi) is 4.04. The molecule has 0 saturated carbocycles. The summed E-state index contributed by atoms with van der Waals surface area (Å²) in [5.41, 5.74) is 0.602. The van der Waals surface area contributed by atoms with Gasteiger partial charge in [0.1, 0.15) is 18.6 Å². The number of hydrogen-bond donors (Lipinski definition) is 0. The van der Waals surface area contributed by atoms with Crippen LogP contribution >= 0.6 is 0 Å². The first-order chi connectivity index (χ1) is 9.10. The fourth-order valence-corrected chi connectivity index (χ4v) is 1.88. The van der Waals surface area contributed by atoms with Crippen LogP contribution in [0.25, 0.3) is 0 Å². The Morgan fingerprint density at radius 2 is 2.11 bits per heavy atom. The van der Waals surface area contributed by atoms with E-state index in [2.05, 4.69) is 0 Å². The smallest absolute Gasteiger partial charge is 0.410 e. The molecule has 0 aromatic heterocycles. The van der Waals surface area contributed by atoms with Gasteiger partial charge in [0.05, 0.1) is 6.54 Å². The molecule has 5 heteroatoms. The fourth-order valence-electron chi connectivity index (χ4n) is 1.88. The van der Waals surface area contributed by atoms with Crippen molar-refractivity contribution in [2.75, 3.05) is 13.2 Å². The maximum atomic E-state index is 11.5. The minimum atomic E-state index is -0.292. The summed E-state index contributed by atoms with van der Waals surface area (Å²) >= 11 is 0. The molecule has 0 spiro atoms. The van der Waals surface area contributed by atoms with E-state index < -0.39 is 0 Å². The monoisotopic (exact) mass is 263 g/mol. The molecule has 102 valence electrons. The summed E-state index contributed by atoms with van der Waals surface area (Å²) in [6.07, 6.45) is 0.240. The largest absolute Gasteiger partial charge is 0.490 e. The minimum absolute atomic E-state index is 0.129. The van der Waals surface area contributed by atoms with Gasteiger partial charge in [-0.2, -0.15) is 0 Å². The first-order valence-electron chi connectivity index (χ1n) is 6.25. The number of cyclic esters (lactones) is 1. The molecule has 1 atom stereocenters.